The maximum absolute atomic E-state index is 11.4. The quantitative estimate of drug-likeness (QED) is 0.523. The molecule has 0 saturated heterocycles. The SMILES string of the molecule is CCOC(=O)c1ccc(CNC(=O)C(C)C)nc1.COC(=O)c1ccc(CNC(=O)C(C)C)cc1. The van der Waals surface area contributed by atoms with Crippen LogP contribution in [0.5, 0.6) is 0 Å². The highest BCUT2D eigenvalue weighted by atomic mass is 16.5. The van der Waals surface area contributed by atoms with Crippen LogP contribution in [0.2, 0.25) is 0 Å². The zero-order chi connectivity index (χ0) is 26.4. The molecule has 0 saturated carbocycles. The molecule has 0 atom stereocenters. The first kappa shape index (κ1) is 29.3. The van der Waals surface area contributed by atoms with E-state index in [1.165, 1.54) is 13.3 Å². The molecule has 2 rings (SSSR count). The second-order valence-electron chi connectivity index (χ2n) is 8.19. The van der Waals surface area contributed by atoms with Gasteiger partial charge in [-0.3, -0.25) is 14.6 Å². The number of esters is 2. The number of methoxy groups -OCH3 is 1. The average molecular weight is 486 g/mol. The third kappa shape index (κ3) is 10.8. The molecule has 0 fully saturated rings. The minimum atomic E-state index is -0.386. The van der Waals surface area contributed by atoms with Crippen molar-refractivity contribution in [3.63, 3.8) is 0 Å². The molecule has 0 bridgehead atoms. The molecule has 9 nitrogen and oxygen atoms in total. The minimum Gasteiger partial charge on any atom is -0.465 e. The van der Waals surface area contributed by atoms with Gasteiger partial charge in [-0.05, 0) is 36.8 Å². The van der Waals surface area contributed by atoms with E-state index in [1.54, 1.807) is 43.3 Å². The number of hydrogen-bond acceptors (Lipinski definition) is 7. The van der Waals surface area contributed by atoms with Crippen molar-refractivity contribution >= 4 is 23.8 Å². The predicted octanol–water partition coefficient (Wildman–Crippen LogP) is 3.28. The maximum atomic E-state index is 11.4. The number of carbonyl (C=O) groups excluding carboxylic acids is 4. The first-order chi connectivity index (χ1) is 16.6. The zero-order valence-electron chi connectivity index (χ0n) is 21.2. The van der Waals surface area contributed by atoms with Gasteiger partial charge in [-0.2, -0.15) is 0 Å². The Labute approximate surface area is 206 Å². The molecule has 1 aromatic heterocycles. The summed E-state index contributed by atoms with van der Waals surface area (Å²) in [5, 5.41) is 5.56. The Hall–Kier alpha value is -3.75. The minimum absolute atomic E-state index is 0.0158. The Morgan fingerprint density at radius 2 is 1.34 bits per heavy atom. The summed E-state index contributed by atoms with van der Waals surface area (Å²) in [7, 11) is 1.35. The molecule has 2 amide bonds. The highest BCUT2D eigenvalue weighted by molar-refractivity contribution is 5.89. The van der Waals surface area contributed by atoms with E-state index in [9.17, 15) is 19.2 Å². The van der Waals surface area contributed by atoms with Crippen LogP contribution < -0.4 is 10.6 Å². The van der Waals surface area contributed by atoms with Crippen molar-refractivity contribution in [2.75, 3.05) is 13.7 Å². The standard InChI is InChI=1S/C13H18N2O3.C13H17NO3/c1-4-18-13(17)10-5-6-11(14-7-10)8-15-12(16)9(2)3;1-9(2)12(15)14-8-10-4-6-11(7-5-10)13(16)17-3/h5-7,9H,4,8H2,1-3H3,(H,15,16);4-7,9H,8H2,1-3H3,(H,14,15). The summed E-state index contributed by atoms with van der Waals surface area (Å²) >= 11 is 0. The smallest absolute Gasteiger partial charge is 0.339 e. The van der Waals surface area contributed by atoms with Gasteiger partial charge in [0.15, 0.2) is 0 Å². The van der Waals surface area contributed by atoms with Gasteiger partial charge in [-0.25, -0.2) is 9.59 Å². The van der Waals surface area contributed by atoms with Gasteiger partial charge in [0.25, 0.3) is 0 Å². The van der Waals surface area contributed by atoms with Gasteiger partial charge >= 0.3 is 11.9 Å². The lowest BCUT2D eigenvalue weighted by Crippen LogP contribution is -2.27. The first-order valence-electron chi connectivity index (χ1n) is 11.4. The van der Waals surface area contributed by atoms with Crippen molar-refractivity contribution in [1.82, 2.24) is 15.6 Å². The number of benzene rings is 1. The molecule has 2 aromatic rings. The van der Waals surface area contributed by atoms with Crippen LogP contribution >= 0.6 is 0 Å². The van der Waals surface area contributed by atoms with Gasteiger partial charge in [-0.1, -0.05) is 39.8 Å². The van der Waals surface area contributed by atoms with E-state index in [1.807, 2.05) is 27.7 Å². The van der Waals surface area contributed by atoms with Crippen LogP contribution in [0, 0.1) is 11.8 Å². The fourth-order valence-corrected chi connectivity index (χ4v) is 2.52. The van der Waals surface area contributed by atoms with Crippen LogP contribution in [0.3, 0.4) is 0 Å². The number of carbonyl (C=O) groups is 4. The summed E-state index contributed by atoms with van der Waals surface area (Å²) in [6, 6.07) is 10.3. The Morgan fingerprint density at radius 1 is 0.800 bits per heavy atom. The molecule has 0 aliphatic rings. The van der Waals surface area contributed by atoms with E-state index in [0.717, 1.165) is 5.56 Å². The van der Waals surface area contributed by atoms with Crippen LogP contribution in [0.1, 0.15) is 66.6 Å². The monoisotopic (exact) mass is 485 g/mol. The van der Waals surface area contributed by atoms with E-state index in [4.69, 9.17) is 4.74 Å². The number of amides is 2. The van der Waals surface area contributed by atoms with Crippen molar-refractivity contribution < 1.29 is 28.7 Å². The molecule has 0 radical (unpaired) electrons. The van der Waals surface area contributed by atoms with Crippen LogP contribution in [-0.2, 0) is 32.2 Å². The number of aromatic nitrogens is 1. The van der Waals surface area contributed by atoms with Crippen molar-refractivity contribution in [2.24, 2.45) is 11.8 Å². The van der Waals surface area contributed by atoms with Crippen molar-refractivity contribution in [3.05, 3.63) is 65.0 Å². The zero-order valence-corrected chi connectivity index (χ0v) is 21.2. The molecule has 0 spiro atoms. The Balaban J connectivity index is 0.000000351. The van der Waals surface area contributed by atoms with Gasteiger partial charge in [0.2, 0.25) is 11.8 Å². The van der Waals surface area contributed by atoms with E-state index >= 15 is 0 Å². The molecule has 0 unspecified atom stereocenters. The maximum Gasteiger partial charge on any atom is 0.339 e. The number of ether oxygens (including phenoxy) is 2. The molecule has 0 aliphatic heterocycles. The van der Waals surface area contributed by atoms with Crippen LogP contribution in [-0.4, -0.2) is 42.5 Å². The van der Waals surface area contributed by atoms with Crippen molar-refractivity contribution in [3.8, 4) is 0 Å². The third-order valence-corrected chi connectivity index (χ3v) is 4.67. The van der Waals surface area contributed by atoms with Crippen LogP contribution in [0.4, 0.5) is 0 Å². The topological polar surface area (TPSA) is 124 Å². The molecular formula is C26H35N3O6. The summed E-state index contributed by atoms with van der Waals surface area (Å²) in [5.41, 5.74) is 2.57. The molecule has 190 valence electrons. The summed E-state index contributed by atoms with van der Waals surface area (Å²) in [5.74, 6) is -0.827. The second kappa shape index (κ2) is 15.2. The average Bonchev–Trinajstić information content (AvgIpc) is 2.86. The number of rotatable bonds is 9. The fourth-order valence-electron chi connectivity index (χ4n) is 2.52. The van der Waals surface area contributed by atoms with E-state index in [-0.39, 0.29) is 35.6 Å². The highest BCUT2D eigenvalue weighted by Gasteiger charge is 2.09. The lowest BCUT2D eigenvalue weighted by atomic mass is 10.1. The molecule has 2 N–H and O–H groups in total. The number of pyridine rings is 1. The van der Waals surface area contributed by atoms with E-state index in [2.05, 4.69) is 20.4 Å². The van der Waals surface area contributed by atoms with Gasteiger partial charge in [-0.15, -0.1) is 0 Å². The van der Waals surface area contributed by atoms with Crippen LogP contribution in [0.15, 0.2) is 42.6 Å². The lowest BCUT2D eigenvalue weighted by Gasteiger charge is -2.08. The number of nitrogens with zero attached hydrogens (tertiary/aromatic N) is 1. The Kier molecular flexibility index (Phi) is 12.7. The van der Waals surface area contributed by atoms with E-state index in [0.29, 0.717) is 36.5 Å². The number of hydrogen-bond donors (Lipinski definition) is 2. The molecule has 35 heavy (non-hydrogen) atoms. The predicted molar refractivity (Wildman–Crippen MR) is 131 cm³/mol. The fraction of sp³-hybridized carbons (Fsp3) is 0.423. The van der Waals surface area contributed by atoms with Gasteiger partial charge in [0, 0.05) is 24.6 Å². The van der Waals surface area contributed by atoms with Crippen LogP contribution in [0.25, 0.3) is 0 Å². The normalized spacial score (nSPS) is 10.2. The second-order valence-corrected chi connectivity index (χ2v) is 8.19. The summed E-state index contributed by atoms with van der Waals surface area (Å²) in [6.07, 6.45) is 1.45. The molecule has 9 heteroatoms. The third-order valence-electron chi connectivity index (χ3n) is 4.67. The van der Waals surface area contributed by atoms with Gasteiger partial charge < -0.3 is 20.1 Å². The Morgan fingerprint density at radius 3 is 1.80 bits per heavy atom. The van der Waals surface area contributed by atoms with Gasteiger partial charge in [0.1, 0.15) is 0 Å². The number of nitrogens with one attached hydrogen (secondary N) is 2. The molecule has 0 aliphatic carbocycles. The molecule has 1 heterocycles. The molecule has 1 aromatic carbocycles. The first-order valence-corrected chi connectivity index (χ1v) is 11.4. The Bertz CT molecular complexity index is 970. The summed E-state index contributed by atoms with van der Waals surface area (Å²) in [6.45, 7) is 10.3. The van der Waals surface area contributed by atoms with E-state index < -0.39 is 0 Å². The van der Waals surface area contributed by atoms with Crippen molar-refractivity contribution in [1.29, 1.82) is 0 Å². The summed E-state index contributed by atoms with van der Waals surface area (Å²) in [4.78, 5) is 49.4. The van der Waals surface area contributed by atoms with Gasteiger partial charge in [0.05, 0.1) is 37.1 Å². The summed E-state index contributed by atoms with van der Waals surface area (Å²) < 4.78 is 9.45. The highest BCUT2D eigenvalue weighted by Crippen LogP contribution is 2.06. The van der Waals surface area contributed by atoms with Crippen molar-refractivity contribution in [2.45, 2.75) is 47.7 Å². The largest absolute Gasteiger partial charge is 0.465 e. The lowest BCUT2D eigenvalue weighted by molar-refractivity contribution is -0.124. The molecular weight excluding hydrogens is 450 g/mol.